The third-order valence-electron chi connectivity index (χ3n) is 6.11. The van der Waals surface area contributed by atoms with Crippen LogP contribution in [0.15, 0.2) is 40.2 Å². The van der Waals surface area contributed by atoms with Crippen molar-refractivity contribution < 1.29 is 10.0 Å². The van der Waals surface area contributed by atoms with Gasteiger partial charge in [0.15, 0.2) is 11.2 Å². The Hall–Kier alpha value is -3.35. The van der Waals surface area contributed by atoms with Gasteiger partial charge in [-0.3, -0.25) is 33.8 Å². The van der Waals surface area contributed by atoms with Crippen molar-refractivity contribution in [2.24, 2.45) is 14.1 Å². The van der Waals surface area contributed by atoms with E-state index in [0.29, 0.717) is 17.7 Å². The van der Waals surface area contributed by atoms with Gasteiger partial charge < -0.3 is 9.67 Å². The summed E-state index contributed by atoms with van der Waals surface area (Å²) in [5, 5.41) is 21.4. The summed E-state index contributed by atoms with van der Waals surface area (Å²) in [5.74, 6) is 0. The van der Waals surface area contributed by atoms with Crippen LogP contribution in [0, 0.1) is 10.1 Å². The van der Waals surface area contributed by atoms with Crippen molar-refractivity contribution in [1.29, 1.82) is 0 Å². The van der Waals surface area contributed by atoms with Crippen molar-refractivity contribution in [2.45, 2.75) is 19.2 Å². The third kappa shape index (κ3) is 4.72. The minimum absolute atomic E-state index is 0.0864. The molecule has 0 amide bonds. The van der Waals surface area contributed by atoms with Crippen LogP contribution in [-0.4, -0.2) is 77.3 Å². The molecular formula is C21H27N7O5. The van der Waals surface area contributed by atoms with E-state index >= 15 is 0 Å². The van der Waals surface area contributed by atoms with Crippen LogP contribution < -0.4 is 11.2 Å². The topological polar surface area (TPSA) is 132 Å². The molecule has 3 aromatic rings. The zero-order valence-electron chi connectivity index (χ0n) is 18.6. The predicted molar refractivity (Wildman–Crippen MR) is 121 cm³/mol. The Kier molecular flexibility index (Phi) is 6.40. The highest BCUT2D eigenvalue weighted by Crippen LogP contribution is 2.15. The lowest BCUT2D eigenvalue weighted by Gasteiger charge is -2.35. The molecule has 1 unspecified atom stereocenters. The highest BCUT2D eigenvalue weighted by Gasteiger charge is 2.21. The van der Waals surface area contributed by atoms with Gasteiger partial charge in [0.05, 0.1) is 23.9 Å². The van der Waals surface area contributed by atoms with Crippen LogP contribution in [0.1, 0.15) is 5.56 Å². The predicted octanol–water partition coefficient (Wildman–Crippen LogP) is -0.479. The molecule has 1 fully saturated rings. The molecule has 1 N–H and O–H groups in total. The fourth-order valence-electron chi connectivity index (χ4n) is 4.23. The van der Waals surface area contributed by atoms with Crippen molar-refractivity contribution >= 4 is 16.9 Å². The van der Waals surface area contributed by atoms with E-state index < -0.39 is 22.3 Å². The van der Waals surface area contributed by atoms with Crippen LogP contribution in [0.5, 0.6) is 0 Å². The fourth-order valence-corrected chi connectivity index (χ4v) is 4.23. The van der Waals surface area contributed by atoms with Gasteiger partial charge in [0.2, 0.25) is 0 Å². The molecule has 2 aromatic heterocycles. The first-order chi connectivity index (χ1) is 15.7. The molecule has 1 aliphatic rings. The van der Waals surface area contributed by atoms with E-state index in [-0.39, 0.29) is 12.2 Å². The van der Waals surface area contributed by atoms with E-state index in [2.05, 4.69) is 14.8 Å². The van der Waals surface area contributed by atoms with Crippen molar-refractivity contribution in [1.82, 2.24) is 28.5 Å². The summed E-state index contributed by atoms with van der Waals surface area (Å²) in [6, 6.07) is 6.60. The average Bonchev–Trinajstić information content (AvgIpc) is 3.21. The van der Waals surface area contributed by atoms with Gasteiger partial charge in [-0.2, -0.15) is 0 Å². The van der Waals surface area contributed by atoms with Crippen molar-refractivity contribution in [3.05, 3.63) is 67.1 Å². The summed E-state index contributed by atoms with van der Waals surface area (Å²) in [6.45, 7) is 4.58. The van der Waals surface area contributed by atoms with Crippen LogP contribution >= 0.6 is 0 Å². The van der Waals surface area contributed by atoms with Crippen LogP contribution in [0.3, 0.4) is 0 Å². The molecule has 0 radical (unpaired) electrons. The number of rotatable bonds is 7. The molecule has 4 rings (SSSR count). The van der Waals surface area contributed by atoms with E-state index in [1.54, 1.807) is 23.7 Å². The Morgan fingerprint density at radius 2 is 1.67 bits per heavy atom. The molecular weight excluding hydrogens is 430 g/mol. The number of aliphatic hydroxyl groups excluding tert-OH is 1. The zero-order valence-corrected chi connectivity index (χ0v) is 18.6. The van der Waals surface area contributed by atoms with Gasteiger partial charge in [-0.05, 0) is 5.56 Å². The van der Waals surface area contributed by atoms with Crippen LogP contribution in [0.4, 0.5) is 5.69 Å². The summed E-state index contributed by atoms with van der Waals surface area (Å²) in [6.07, 6.45) is 0.780. The molecule has 12 heteroatoms. The summed E-state index contributed by atoms with van der Waals surface area (Å²) >= 11 is 0. The molecule has 1 atom stereocenters. The molecule has 1 aliphatic heterocycles. The second kappa shape index (κ2) is 9.25. The number of piperazine rings is 1. The summed E-state index contributed by atoms with van der Waals surface area (Å²) in [5.41, 5.74) is 0.838. The summed E-state index contributed by atoms with van der Waals surface area (Å²) < 4.78 is 3.97. The quantitative estimate of drug-likeness (QED) is 0.372. The minimum atomic E-state index is -0.703. The second-order valence-electron chi connectivity index (χ2n) is 8.43. The number of aryl methyl sites for hydroxylation is 1. The number of β-amino-alcohol motifs (C(OH)–C–C–N with tert-alkyl or cyclic N) is 1. The first-order valence-electron chi connectivity index (χ1n) is 10.7. The molecule has 0 spiro atoms. The van der Waals surface area contributed by atoms with Gasteiger partial charge in [-0.25, -0.2) is 9.78 Å². The third-order valence-corrected chi connectivity index (χ3v) is 6.11. The number of hydrogen-bond acceptors (Lipinski definition) is 8. The Bertz CT molecular complexity index is 1270. The highest BCUT2D eigenvalue weighted by molar-refractivity contribution is 5.69. The van der Waals surface area contributed by atoms with Gasteiger partial charge in [-0.15, -0.1) is 0 Å². The van der Waals surface area contributed by atoms with Gasteiger partial charge >= 0.3 is 5.69 Å². The maximum Gasteiger partial charge on any atom is 0.332 e. The van der Waals surface area contributed by atoms with Crippen molar-refractivity contribution in [2.75, 3.05) is 32.7 Å². The number of fused-ring (bicyclic) bond motifs is 1. The molecule has 0 saturated carbocycles. The van der Waals surface area contributed by atoms with Crippen molar-refractivity contribution in [3.8, 4) is 0 Å². The zero-order chi connectivity index (χ0) is 23.7. The van der Waals surface area contributed by atoms with E-state index in [1.165, 1.54) is 30.1 Å². The van der Waals surface area contributed by atoms with Gasteiger partial charge in [0.25, 0.3) is 11.2 Å². The number of nitro benzene ring substituents is 1. The maximum atomic E-state index is 12.6. The molecule has 1 saturated heterocycles. The SMILES string of the molecule is Cn1c(=O)c2c(ncn2CC(O)CN2CCN(Cc3ccc([N+](=O)[O-])cc3)CC2)n(C)c1=O. The lowest BCUT2D eigenvalue weighted by molar-refractivity contribution is -0.384. The second-order valence-corrected chi connectivity index (χ2v) is 8.43. The Balaban J connectivity index is 1.33. The highest BCUT2D eigenvalue weighted by atomic mass is 16.6. The minimum Gasteiger partial charge on any atom is -0.390 e. The summed E-state index contributed by atoms with van der Waals surface area (Å²) in [7, 11) is 2.99. The Morgan fingerprint density at radius 1 is 1.03 bits per heavy atom. The first-order valence-corrected chi connectivity index (χ1v) is 10.7. The smallest absolute Gasteiger partial charge is 0.332 e. The van der Waals surface area contributed by atoms with Crippen LogP contribution in [0.25, 0.3) is 11.2 Å². The number of non-ortho nitro benzene ring substituents is 1. The van der Waals surface area contributed by atoms with E-state index in [1.807, 2.05) is 0 Å². The standard InChI is InChI=1S/C21H27N7O5/c1-23-19-18(20(30)24(2)21(23)31)27(14-22-19)13-17(29)12-26-9-7-25(8-10-26)11-15-3-5-16(6-4-15)28(32)33/h3-6,14,17,29H,7-13H2,1-2H3. The molecule has 1 aromatic carbocycles. The van der Waals surface area contributed by atoms with Crippen LogP contribution in [-0.2, 0) is 27.2 Å². The number of nitro groups is 1. The number of nitrogens with zero attached hydrogens (tertiary/aromatic N) is 7. The summed E-state index contributed by atoms with van der Waals surface area (Å²) in [4.78, 5) is 43.6. The normalized spacial score (nSPS) is 16.3. The maximum absolute atomic E-state index is 12.6. The lowest BCUT2D eigenvalue weighted by atomic mass is 10.1. The first kappa shape index (κ1) is 22.8. The molecule has 12 nitrogen and oxygen atoms in total. The molecule has 3 heterocycles. The largest absolute Gasteiger partial charge is 0.390 e. The number of hydrogen-bond donors (Lipinski definition) is 1. The fraction of sp³-hybridized carbons (Fsp3) is 0.476. The Labute approximate surface area is 189 Å². The van der Waals surface area contributed by atoms with E-state index in [0.717, 1.165) is 42.9 Å². The molecule has 176 valence electrons. The average molecular weight is 457 g/mol. The number of benzene rings is 1. The van der Waals surface area contributed by atoms with E-state index in [4.69, 9.17) is 0 Å². The number of aromatic nitrogens is 4. The number of aliphatic hydroxyl groups is 1. The van der Waals surface area contributed by atoms with E-state index in [9.17, 15) is 24.8 Å². The molecule has 0 bridgehead atoms. The van der Waals surface area contributed by atoms with Gasteiger partial charge in [-0.1, -0.05) is 12.1 Å². The monoisotopic (exact) mass is 457 g/mol. The van der Waals surface area contributed by atoms with Crippen molar-refractivity contribution in [3.63, 3.8) is 0 Å². The van der Waals surface area contributed by atoms with Crippen LogP contribution in [0.2, 0.25) is 0 Å². The molecule has 33 heavy (non-hydrogen) atoms. The number of imidazole rings is 1. The molecule has 0 aliphatic carbocycles. The van der Waals surface area contributed by atoms with Gasteiger partial charge in [0, 0.05) is 65.5 Å². The van der Waals surface area contributed by atoms with Gasteiger partial charge in [0.1, 0.15) is 0 Å². The lowest BCUT2D eigenvalue weighted by Crippen LogP contribution is -2.48. The Morgan fingerprint density at radius 3 is 2.30 bits per heavy atom.